The highest BCUT2D eigenvalue weighted by Crippen LogP contribution is 2.38. The molecule has 0 aliphatic carbocycles. The summed E-state index contributed by atoms with van der Waals surface area (Å²) in [6.45, 7) is 1.48. The van der Waals surface area contributed by atoms with Crippen molar-refractivity contribution in [3.05, 3.63) is 65.5 Å². The van der Waals surface area contributed by atoms with Crippen molar-refractivity contribution in [3.63, 3.8) is 0 Å². The molecule has 7 heteroatoms. The number of halogens is 1. The Bertz CT molecular complexity index is 887. The molecule has 0 saturated carbocycles. The van der Waals surface area contributed by atoms with E-state index >= 15 is 0 Å². The van der Waals surface area contributed by atoms with Crippen LogP contribution < -0.4 is 4.74 Å². The van der Waals surface area contributed by atoms with Crippen LogP contribution in [0.2, 0.25) is 0 Å². The molecule has 1 unspecified atom stereocenters. The predicted molar refractivity (Wildman–Crippen MR) is 90.7 cm³/mol. The molecule has 1 N–H and O–H groups in total. The first-order chi connectivity index (χ1) is 12.2. The van der Waals surface area contributed by atoms with E-state index in [-0.39, 0.29) is 11.9 Å². The van der Waals surface area contributed by atoms with Crippen molar-refractivity contribution >= 4 is 0 Å². The molecule has 25 heavy (non-hydrogen) atoms. The van der Waals surface area contributed by atoms with Crippen molar-refractivity contribution in [2.45, 2.75) is 19.0 Å². The molecule has 0 amide bonds. The summed E-state index contributed by atoms with van der Waals surface area (Å²) in [5.74, 6) is 1.34. The molecule has 1 aromatic carbocycles. The van der Waals surface area contributed by atoms with Gasteiger partial charge in [0.05, 0.1) is 31.7 Å². The van der Waals surface area contributed by atoms with E-state index in [1.54, 1.807) is 31.8 Å². The molecule has 1 aliphatic heterocycles. The minimum Gasteiger partial charge on any atom is -0.496 e. The minimum atomic E-state index is -0.282. The Balaban J connectivity index is 1.80. The molecular weight excluding hydrogens is 321 g/mol. The van der Waals surface area contributed by atoms with Crippen molar-refractivity contribution in [2.75, 3.05) is 13.7 Å². The third-order valence-corrected chi connectivity index (χ3v) is 4.78. The van der Waals surface area contributed by atoms with Crippen LogP contribution in [0.4, 0.5) is 4.39 Å². The topological polar surface area (TPSA) is 59.0 Å². The highest BCUT2D eigenvalue weighted by molar-refractivity contribution is 5.42. The van der Waals surface area contributed by atoms with Crippen molar-refractivity contribution in [1.82, 2.24) is 24.4 Å². The van der Waals surface area contributed by atoms with Gasteiger partial charge in [0.2, 0.25) is 0 Å². The van der Waals surface area contributed by atoms with Crippen LogP contribution in [0.15, 0.2) is 36.9 Å². The van der Waals surface area contributed by atoms with E-state index in [4.69, 9.17) is 4.74 Å². The molecule has 4 rings (SSSR count). The van der Waals surface area contributed by atoms with Crippen LogP contribution in [0.25, 0.3) is 0 Å². The molecule has 1 atom stereocenters. The van der Waals surface area contributed by atoms with Crippen LogP contribution in [0.5, 0.6) is 5.75 Å². The molecular formula is C18H20FN5O. The van der Waals surface area contributed by atoms with E-state index in [0.717, 1.165) is 35.7 Å². The van der Waals surface area contributed by atoms with Crippen LogP contribution >= 0.6 is 0 Å². The Labute approximate surface area is 145 Å². The Kier molecular flexibility index (Phi) is 4.01. The zero-order valence-electron chi connectivity index (χ0n) is 14.2. The third kappa shape index (κ3) is 2.80. The molecule has 0 bridgehead atoms. The van der Waals surface area contributed by atoms with E-state index in [2.05, 4.69) is 19.9 Å². The molecule has 130 valence electrons. The monoisotopic (exact) mass is 341 g/mol. The molecule has 3 heterocycles. The van der Waals surface area contributed by atoms with Gasteiger partial charge < -0.3 is 14.3 Å². The maximum atomic E-state index is 14.0. The van der Waals surface area contributed by atoms with E-state index < -0.39 is 0 Å². The summed E-state index contributed by atoms with van der Waals surface area (Å²) in [6.07, 6.45) is 6.29. The van der Waals surface area contributed by atoms with Crippen LogP contribution in [0.1, 0.15) is 28.8 Å². The summed E-state index contributed by atoms with van der Waals surface area (Å²) in [4.78, 5) is 14.4. The van der Waals surface area contributed by atoms with Gasteiger partial charge in [0.25, 0.3) is 0 Å². The van der Waals surface area contributed by atoms with E-state index in [9.17, 15) is 4.39 Å². The van der Waals surface area contributed by atoms with Gasteiger partial charge in [0.15, 0.2) is 0 Å². The number of nitrogens with zero attached hydrogens (tertiary/aromatic N) is 4. The summed E-state index contributed by atoms with van der Waals surface area (Å²) in [7, 11) is 3.58. The van der Waals surface area contributed by atoms with Crippen molar-refractivity contribution < 1.29 is 9.13 Å². The lowest BCUT2D eigenvalue weighted by Gasteiger charge is -2.35. The van der Waals surface area contributed by atoms with Crippen LogP contribution in [-0.2, 0) is 20.0 Å². The molecule has 2 aromatic heterocycles. The molecule has 3 aromatic rings. The van der Waals surface area contributed by atoms with Crippen LogP contribution in [-0.4, -0.2) is 38.1 Å². The van der Waals surface area contributed by atoms with Gasteiger partial charge in [-0.15, -0.1) is 0 Å². The number of methoxy groups -OCH3 is 1. The zero-order valence-corrected chi connectivity index (χ0v) is 14.2. The average molecular weight is 341 g/mol. The molecule has 0 saturated heterocycles. The first kappa shape index (κ1) is 15.8. The highest BCUT2D eigenvalue weighted by atomic mass is 19.1. The smallest absolute Gasteiger partial charge is 0.124 e. The fourth-order valence-electron chi connectivity index (χ4n) is 3.49. The van der Waals surface area contributed by atoms with Crippen molar-refractivity contribution in [2.24, 2.45) is 7.05 Å². The number of aromatic nitrogens is 4. The Morgan fingerprint density at radius 3 is 3.00 bits per heavy atom. The number of aryl methyl sites for hydroxylation is 1. The normalized spacial score (nSPS) is 17.5. The number of aromatic amines is 1. The van der Waals surface area contributed by atoms with Crippen LogP contribution in [0.3, 0.4) is 0 Å². The SMILES string of the molecule is COc1ccc(F)cc1C1c2nc[nH]c2CCN1Cc1nccn1C. The maximum Gasteiger partial charge on any atom is 0.124 e. The number of rotatable bonds is 4. The molecule has 1 aliphatic rings. The van der Waals surface area contributed by atoms with E-state index in [1.165, 1.54) is 6.07 Å². The first-order valence-corrected chi connectivity index (χ1v) is 8.23. The van der Waals surface area contributed by atoms with E-state index in [1.807, 2.05) is 17.8 Å². The molecule has 0 fully saturated rings. The zero-order chi connectivity index (χ0) is 17.4. The minimum absolute atomic E-state index is 0.183. The Morgan fingerprint density at radius 2 is 2.24 bits per heavy atom. The third-order valence-electron chi connectivity index (χ3n) is 4.78. The largest absolute Gasteiger partial charge is 0.496 e. The van der Waals surface area contributed by atoms with Gasteiger partial charge in [-0.05, 0) is 18.2 Å². The first-order valence-electron chi connectivity index (χ1n) is 8.23. The summed E-state index contributed by atoms with van der Waals surface area (Å²) in [5, 5.41) is 0. The average Bonchev–Trinajstić information content (AvgIpc) is 3.24. The van der Waals surface area contributed by atoms with Crippen molar-refractivity contribution in [3.8, 4) is 5.75 Å². The number of benzene rings is 1. The Morgan fingerprint density at radius 1 is 1.36 bits per heavy atom. The molecule has 0 spiro atoms. The molecule has 0 radical (unpaired) electrons. The highest BCUT2D eigenvalue weighted by Gasteiger charge is 2.33. The van der Waals surface area contributed by atoms with Gasteiger partial charge in [-0.1, -0.05) is 0 Å². The van der Waals surface area contributed by atoms with E-state index in [0.29, 0.717) is 12.3 Å². The second kappa shape index (κ2) is 6.33. The number of hydrogen-bond acceptors (Lipinski definition) is 4. The summed E-state index contributed by atoms with van der Waals surface area (Å²) >= 11 is 0. The van der Waals surface area contributed by atoms with Gasteiger partial charge in [-0.2, -0.15) is 0 Å². The van der Waals surface area contributed by atoms with Crippen LogP contribution in [0, 0.1) is 5.82 Å². The standard InChI is InChI=1S/C18H20FN5O/c1-23-8-6-20-16(23)10-24-7-5-14-17(22-11-21-14)18(24)13-9-12(19)3-4-15(13)25-2/h3-4,6,8-9,11,18H,5,7,10H2,1-2H3,(H,21,22). The molecule has 6 nitrogen and oxygen atoms in total. The maximum absolute atomic E-state index is 14.0. The Hall–Kier alpha value is -2.67. The number of imidazole rings is 2. The van der Waals surface area contributed by atoms with Gasteiger partial charge in [-0.25, -0.2) is 14.4 Å². The second-order valence-corrected chi connectivity index (χ2v) is 6.23. The summed E-state index contributed by atoms with van der Waals surface area (Å²) in [5.41, 5.74) is 2.79. The second-order valence-electron chi connectivity index (χ2n) is 6.23. The van der Waals surface area contributed by atoms with Gasteiger partial charge in [0, 0.05) is 43.7 Å². The lowest BCUT2D eigenvalue weighted by Crippen LogP contribution is -2.36. The quantitative estimate of drug-likeness (QED) is 0.792. The number of hydrogen-bond donors (Lipinski definition) is 1. The fraction of sp³-hybridized carbons (Fsp3) is 0.333. The van der Waals surface area contributed by atoms with Gasteiger partial charge in [0.1, 0.15) is 17.4 Å². The lowest BCUT2D eigenvalue weighted by atomic mass is 9.94. The number of nitrogens with one attached hydrogen (secondary N) is 1. The fourth-order valence-corrected chi connectivity index (χ4v) is 3.49. The van der Waals surface area contributed by atoms with Crippen molar-refractivity contribution in [1.29, 1.82) is 0 Å². The van der Waals surface area contributed by atoms with Gasteiger partial charge in [-0.3, -0.25) is 4.90 Å². The lowest BCUT2D eigenvalue weighted by molar-refractivity contribution is 0.190. The number of ether oxygens (including phenoxy) is 1. The summed E-state index contributed by atoms with van der Waals surface area (Å²) in [6, 6.07) is 4.44. The van der Waals surface area contributed by atoms with Gasteiger partial charge >= 0.3 is 0 Å². The summed E-state index contributed by atoms with van der Waals surface area (Å²) < 4.78 is 21.5. The predicted octanol–water partition coefficient (Wildman–Crippen LogP) is 2.44. The number of fused-ring (bicyclic) bond motifs is 1. The number of H-pyrrole nitrogens is 1.